The van der Waals surface area contributed by atoms with E-state index in [1.807, 2.05) is 33.9 Å². The fourth-order valence-electron chi connectivity index (χ4n) is 4.32. The third-order valence-electron chi connectivity index (χ3n) is 6.59. The molecule has 0 fully saturated rings. The highest BCUT2D eigenvalue weighted by molar-refractivity contribution is 7.17. The van der Waals surface area contributed by atoms with E-state index in [-0.39, 0.29) is 23.7 Å². The third kappa shape index (κ3) is 4.22. The number of rotatable bonds is 6. The summed E-state index contributed by atoms with van der Waals surface area (Å²) in [4.78, 5) is 31.9. The number of carbonyl (C=O) groups is 2. The molecule has 1 aliphatic carbocycles. The van der Waals surface area contributed by atoms with Gasteiger partial charge in [0.15, 0.2) is 11.3 Å². The first-order chi connectivity index (χ1) is 16.9. The first kappa shape index (κ1) is 23.2. The molecule has 1 N–H and O–H groups in total. The van der Waals surface area contributed by atoms with Gasteiger partial charge in [0.1, 0.15) is 5.00 Å². The monoisotopic (exact) mass is 492 g/mol. The number of hydrogen-bond donors (Lipinski definition) is 1. The number of fused-ring (bicyclic) bond motifs is 2. The highest BCUT2D eigenvalue weighted by atomic mass is 32.1. The molecule has 4 aromatic rings. The Labute approximate surface area is 207 Å². The predicted octanol–water partition coefficient (Wildman–Crippen LogP) is 4.59. The molecule has 35 heavy (non-hydrogen) atoms. The van der Waals surface area contributed by atoms with E-state index in [0.717, 1.165) is 59.5 Å². The van der Waals surface area contributed by atoms with E-state index in [0.29, 0.717) is 16.2 Å². The van der Waals surface area contributed by atoms with Crippen LogP contribution in [0, 0.1) is 6.92 Å². The molecule has 0 bridgehead atoms. The minimum atomic E-state index is -0.388. The first-order valence-corrected chi connectivity index (χ1v) is 12.7. The lowest BCUT2D eigenvalue weighted by molar-refractivity contribution is 0.0335. The molecule has 9 nitrogen and oxygen atoms in total. The van der Waals surface area contributed by atoms with Gasteiger partial charge in [-0.1, -0.05) is 6.92 Å². The second kappa shape index (κ2) is 9.26. The van der Waals surface area contributed by atoms with Gasteiger partial charge in [0, 0.05) is 35.4 Å². The topological polar surface area (TPSA) is 103 Å². The van der Waals surface area contributed by atoms with Crippen LogP contribution >= 0.6 is 11.3 Å². The van der Waals surface area contributed by atoms with E-state index >= 15 is 0 Å². The molecule has 1 amide bonds. The fraction of sp³-hybridized carbons (Fsp3) is 0.400. The fourth-order valence-corrected chi connectivity index (χ4v) is 5.59. The Hall–Kier alpha value is -3.53. The van der Waals surface area contributed by atoms with E-state index < -0.39 is 0 Å². The SMILES string of the molecule is CCC(C)OC(=O)c1c(NC(=O)c2cc3nccc(-c4cnn(C)c4C)n3n2)sc2c1CCCC2. The van der Waals surface area contributed by atoms with E-state index in [1.54, 1.807) is 27.7 Å². The second-order valence-electron chi connectivity index (χ2n) is 8.89. The van der Waals surface area contributed by atoms with Gasteiger partial charge in [-0.15, -0.1) is 11.3 Å². The Morgan fingerprint density at radius 2 is 2.09 bits per heavy atom. The Bertz CT molecular complexity index is 1430. The van der Waals surface area contributed by atoms with E-state index in [2.05, 4.69) is 20.5 Å². The number of thiophene rings is 1. The van der Waals surface area contributed by atoms with Gasteiger partial charge in [-0.2, -0.15) is 10.2 Å². The van der Waals surface area contributed by atoms with Crippen molar-refractivity contribution >= 4 is 33.9 Å². The van der Waals surface area contributed by atoms with Crippen LogP contribution in [0.3, 0.4) is 0 Å². The maximum atomic E-state index is 13.3. The quantitative estimate of drug-likeness (QED) is 0.395. The maximum absolute atomic E-state index is 13.3. The molecule has 1 aliphatic rings. The molecule has 0 aromatic carbocycles. The number of nitrogens with zero attached hydrogens (tertiary/aromatic N) is 5. The zero-order valence-electron chi connectivity index (χ0n) is 20.3. The van der Waals surface area contributed by atoms with E-state index in [1.165, 1.54) is 11.3 Å². The summed E-state index contributed by atoms with van der Waals surface area (Å²) in [6, 6.07) is 3.50. The summed E-state index contributed by atoms with van der Waals surface area (Å²) in [6.45, 7) is 5.83. The lowest BCUT2D eigenvalue weighted by Crippen LogP contribution is -2.19. The summed E-state index contributed by atoms with van der Waals surface area (Å²) in [5.74, 6) is -0.763. The van der Waals surface area contributed by atoms with Crippen LogP contribution in [-0.2, 0) is 24.6 Å². The Balaban J connectivity index is 1.49. The van der Waals surface area contributed by atoms with Crippen LogP contribution in [0.1, 0.15) is 70.1 Å². The molecule has 5 rings (SSSR count). The van der Waals surface area contributed by atoms with Crippen molar-refractivity contribution in [3.05, 3.63) is 51.9 Å². The van der Waals surface area contributed by atoms with Gasteiger partial charge in [0.25, 0.3) is 5.91 Å². The molecule has 1 atom stereocenters. The predicted molar refractivity (Wildman–Crippen MR) is 134 cm³/mol. The average Bonchev–Trinajstić information content (AvgIpc) is 3.54. The molecular weight excluding hydrogens is 464 g/mol. The third-order valence-corrected chi connectivity index (χ3v) is 7.79. The lowest BCUT2D eigenvalue weighted by atomic mass is 9.95. The van der Waals surface area contributed by atoms with E-state index in [9.17, 15) is 9.59 Å². The van der Waals surface area contributed by atoms with Crippen LogP contribution in [0.25, 0.3) is 16.9 Å². The summed E-state index contributed by atoms with van der Waals surface area (Å²) >= 11 is 1.47. The number of ether oxygens (including phenoxy) is 1. The van der Waals surface area contributed by atoms with Crippen molar-refractivity contribution in [2.45, 2.75) is 59.0 Å². The summed E-state index contributed by atoms with van der Waals surface area (Å²) in [7, 11) is 1.88. The molecule has 10 heteroatoms. The molecule has 4 aromatic heterocycles. The molecule has 0 aliphatic heterocycles. The Morgan fingerprint density at radius 3 is 2.83 bits per heavy atom. The van der Waals surface area contributed by atoms with Crippen molar-refractivity contribution in [1.29, 1.82) is 0 Å². The highest BCUT2D eigenvalue weighted by Gasteiger charge is 2.29. The zero-order valence-corrected chi connectivity index (χ0v) is 21.1. The maximum Gasteiger partial charge on any atom is 0.341 e. The van der Waals surface area contributed by atoms with Gasteiger partial charge < -0.3 is 10.1 Å². The van der Waals surface area contributed by atoms with Crippen molar-refractivity contribution in [2.24, 2.45) is 7.05 Å². The van der Waals surface area contributed by atoms with Crippen LogP contribution in [0.4, 0.5) is 5.00 Å². The number of carbonyl (C=O) groups excluding carboxylic acids is 2. The normalized spacial score (nSPS) is 14.1. The van der Waals surface area contributed by atoms with Gasteiger partial charge in [-0.25, -0.2) is 14.3 Å². The van der Waals surface area contributed by atoms with Crippen molar-refractivity contribution in [3.63, 3.8) is 0 Å². The highest BCUT2D eigenvalue weighted by Crippen LogP contribution is 2.39. The number of hydrogen-bond acceptors (Lipinski definition) is 7. The van der Waals surface area contributed by atoms with Crippen LogP contribution in [-0.4, -0.2) is 42.4 Å². The van der Waals surface area contributed by atoms with Crippen LogP contribution in [0.5, 0.6) is 0 Å². The summed E-state index contributed by atoms with van der Waals surface area (Å²) < 4.78 is 9.08. The lowest BCUT2D eigenvalue weighted by Gasteiger charge is -2.15. The number of nitrogens with one attached hydrogen (secondary N) is 1. The molecule has 0 spiro atoms. The molecule has 0 saturated carbocycles. The molecule has 0 radical (unpaired) electrons. The largest absolute Gasteiger partial charge is 0.459 e. The number of aromatic nitrogens is 5. The summed E-state index contributed by atoms with van der Waals surface area (Å²) in [5.41, 5.74) is 4.97. The van der Waals surface area contributed by atoms with Crippen molar-refractivity contribution < 1.29 is 14.3 Å². The minimum Gasteiger partial charge on any atom is -0.459 e. The van der Waals surface area contributed by atoms with E-state index in [4.69, 9.17) is 4.74 Å². The summed E-state index contributed by atoms with van der Waals surface area (Å²) in [5, 5.41) is 12.3. The van der Waals surface area contributed by atoms with Crippen molar-refractivity contribution in [1.82, 2.24) is 24.4 Å². The standard InChI is InChI=1S/C25H28N6O3S/c1-5-14(2)34-25(33)22-16-8-6-7-9-20(16)35-24(22)28-23(32)18-12-21-26-11-10-19(31(21)29-18)17-13-27-30(4)15(17)3/h10-14H,5-9H2,1-4H3,(H,28,32). The van der Waals surface area contributed by atoms with Gasteiger partial charge in [0.05, 0.1) is 23.6 Å². The molecule has 182 valence electrons. The van der Waals surface area contributed by atoms with Crippen LogP contribution in [0.15, 0.2) is 24.5 Å². The van der Waals surface area contributed by atoms with Crippen molar-refractivity contribution in [3.8, 4) is 11.3 Å². The van der Waals surface area contributed by atoms with Crippen LogP contribution < -0.4 is 5.32 Å². The van der Waals surface area contributed by atoms with Gasteiger partial charge >= 0.3 is 5.97 Å². The number of esters is 1. The first-order valence-electron chi connectivity index (χ1n) is 11.9. The van der Waals surface area contributed by atoms with Gasteiger partial charge in [0.2, 0.25) is 0 Å². The molecular formula is C25H28N6O3S. The second-order valence-corrected chi connectivity index (χ2v) is 10.00. The van der Waals surface area contributed by atoms with Crippen molar-refractivity contribution in [2.75, 3.05) is 5.32 Å². The summed E-state index contributed by atoms with van der Waals surface area (Å²) in [6.07, 6.45) is 7.83. The minimum absolute atomic E-state index is 0.191. The zero-order chi connectivity index (χ0) is 24.7. The molecule has 0 saturated heterocycles. The number of anilines is 1. The number of aryl methyl sites for hydroxylation is 2. The van der Waals surface area contributed by atoms with Gasteiger partial charge in [-0.3, -0.25) is 9.48 Å². The molecule has 1 unspecified atom stereocenters. The Morgan fingerprint density at radius 1 is 1.29 bits per heavy atom. The average molecular weight is 493 g/mol. The Kier molecular flexibility index (Phi) is 6.14. The van der Waals surface area contributed by atoms with Crippen LogP contribution in [0.2, 0.25) is 0 Å². The number of amides is 1. The van der Waals surface area contributed by atoms with Gasteiger partial charge in [-0.05, 0) is 57.6 Å². The smallest absolute Gasteiger partial charge is 0.341 e. The molecule has 4 heterocycles.